The summed E-state index contributed by atoms with van der Waals surface area (Å²) in [5, 5.41) is 8.39. The summed E-state index contributed by atoms with van der Waals surface area (Å²) in [4.78, 5) is 41.6. The van der Waals surface area contributed by atoms with Gasteiger partial charge >= 0.3 is 6.03 Å². The van der Waals surface area contributed by atoms with Crippen molar-refractivity contribution in [3.8, 4) is 11.3 Å². The first-order valence-electron chi connectivity index (χ1n) is 10.5. The van der Waals surface area contributed by atoms with Crippen LogP contribution >= 0.6 is 0 Å². The number of nitrogens with one attached hydrogen (secondary N) is 3. The minimum atomic E-state index is -1.18. The van der Waals surface area contributed by atoms with Gasteiger partial charge in [-0.3, -0.25) is 14.9 Å². The second-order valence-corrected chi connectivity index (χ2v) is 8.14. The maximum Gasteiger partial charge on any atom is 0.322 e. The lowest BCUT2D eigenvalue weighted by molar-refractivity contribution is -0.123. The number of aromatic nitrogens is 1. The Morgan fingerprint density at radius 1 is 0.971 bits per heavy atom. The van der Waals surface area contributed by atoms with Crippen molar-refractivity contribution in [3.63, 3.8) is 0 Å². The molecule has 168 valence electrons. The average molecular weight is 454 g/mol. The van der Waals surface area contributed by atoms with E-state index >= 15 is 0 Å². The normalized spacial score (nSPS) is 17.4. The molecule has 1 aromatic heterocycles. The van der Waals surface area contributed by atoms with Crippen LogP contribution in [-0.4, -0.2) is 22.8 Å². The summed E-state index contributed by atoms with van der Waals surface area (Å²) in [7, 11) is 0. The van der Waals surface area contributed by atoms with Gasteiger partial charge in [0.2, 0.25) is 0 Å². The topological polar surface area (TPSA) is 100 Å². The van der Waals surface area contributed by atoms with E-state index in [0.717, 1.165) is 0 Å². The number of rotatable bonds is 4. The summed E-state index contributed by atoms with van der Waals surface area (Å²) >= 11 is 0. The van der Waals surface area contributed by atoms with Crippen LogP contribution in [0, 0.1) is 5.82 Å². The fourth-order valence-electron chi connectivity index (χ4n) is 3.96. The minimum Gasteiger partial charge on any atom is -0.322 e. The van der Waals surface area contributed by atoms with Gasteiger partial charge in [-0.15, -0.1) is 0 Å². The number of benzene rings is 3. The Morgan fingerprint density at radius 3 is 2.35 bits per heavy atom. The zero-order chi connectivity index (χ0) is 23.9. The molecule has 4 amide bonds. The van der Waals surface area contributed by atoms with E-state index in [1.54, 1.807) is 49.4 Å². The Bertz CT molecular complexity index is 1450. The monoisotopic (exact) mass is 454 g/mol. The third-order valence-corrected chi connectivity index (χ3v) is 5.87. The molecule has 0 spiro atoms. The Labute approximate surface area is 194 Å². The molecule has 2 heterocycles. The van der Waals surface area contributed by atoms with Crippen molar-refractivity contribution in [2.24, 2.45) is 0 Å². The summed E-state index contributed by atoms with van der Waals surface area (Å²) < 4.78 is 13.4. The molecular weight excluding hydrogens is 435 g/mol. The second-order valence-electron chi connectivity index (χ2n) is 8.14. The maximum absolute atomic E-state index is 13.4. The molecule has 3 aromatic carbocycles. The van der Waals surface area contributed by atoms with Gasteiger partial charge in [-0.25, -0.2) is 14.2 Å². The number of carbonyl (C=O) groups excluding carboxylic acids is 3. The van der Waals surface area contributed by atoms with E-state index in [2.05, 4.69) is 20.9 Å². The first-order chi connectivity index (χ1) is 16.3. The summed E-state index contributed by atoms with van der Waals surface area (Å²) in [6.07, 6.45) is 0. The van der Waals surface area contributed by atoms with Crippen molar-refractivity contribution in [2.45, 2.75) is 12.5 Å². The van der Waals surface area contributed by atoms with E-state index in [0.29, 0.717) is 39.0 Å². The van der Waals surface area contributed by atoms with Gasteiger partial charge in [0.05, 0.1) is 16.8 Å². The molecule has 0 aliphatic carbocycles. The molecule has 3 N–H and O–H groups in total. The largest absolute Gasteiger partial charge is 0.322 e. The third kappa shape index (κ3) is 3.75. The highest BCUT2D eigenvalue weighted by Crippen LogP contribution is 2.28. The zero-order valence-corrected chi connectivity index (χ0v) is 18.1. The van der Waals surface area contributed by atoms with Crippen LogP contribution in [0.1, 0.15) is 22.8 Å². The van der Waals surface area contributed by atoms with E-state index in [9.17, 15) is 18.8 Å². The number of halogens is 1. The fraction of sp³-hybridized carbons (Fsp3) is 0.0769. The molecule has 0 saturated carbocycles. The molecule has 0 radical (unpaired) electrons. The SMILES string of the molecule is CC1(c2ccc(NC(=O)c3cc(-c4ccc(F)cc4)nc4ccccc34)cc2)NC(=O)NC1=O. The molecule has 5 rings (SSSR count). The van der Waals surface area contributed by atoms with Crippen LogP contribution in [0.25, 0.3) is 22.2 Å². The molecule has 34 heavy (non-hydrogen) atoms. The molecule has 1 aliphatic heterocycles. The number of hydrogen-bond donors (Lipinski definition) is 3. The molecule has 1 atom stereocenters. The number of carbonyl (C=O) groups is 3. The van der Waals surface area contributed by atoms with E-state index in [1.807, 2.05) is 24.3 Å². The highest BCUT2D eigenvalue weighted by molar-refractivity contribution is 6.13. The molecule has 7 nitrogen and oxygen atoms in total. The Kier molecular flexibility index (Phi) is 5.05. The van der Waals surface area contributed by atoms with Crippen LogP contribution < -0.4 is 16.0 Å². The summed E-state index contributed by atoms with van der Waals surface area (Å²) in [6.45, 7) is 1.61. The highest BCUT2D eigenvalue weighted by Gasteiger charge is 2.43. The standard InChI is InChI=1S/C26H19FN4O3/c1-26(24(33)30-25(34)31-26)16-8-12-18(13-9-16)28-23(32)20-14-22(15-6-10-17(27)11-7-15)29-21-5-3-2-4-19(20)21/h2-14H,1H3,(H,28,32)(H2,30,31,33,34). The molecule has 1 saturated heterocycles. The lowest BCUT2D eigenvalue weighted by atomic mass is 9.92. The van der Waals surface area contributed by atoms with Gasteiger partial charge in [-0.2, -0.15) is 0 Å². The van der Waals surface area contributed by atoms with Crippen LogP contribution in [-0.2, 0) is 10.3 Å². The van der Waals surface area contributed by atoms with Crippen molar-refractivity contribution in [1.82, 2.24) is 15.6 Å². The van der Waals surface area contributed by atoms with Crippen molar-refractivity contribution in [2.75, 3.05) is 5.32 Å². The van der Waals surface area contributed by atoms with Crippen LogP contribution in [0.15, 0.2) is 78.9 Å². The van der Waals surface area contributed by atoms with Gasteiger partial charge in [-0.05, 0) is 61.0 Å². The van der Waals surface area contributed by atoms with E-state index < -0.39 is 17.5 Å². The molecular formula is C26H19FN4O3. The number of pyridine rings is 1. The fourth-order valence-corrected chi connectivity index (χ4v) is 3.96. The molecule has 4 aromatic rings. The molecule has 0 bridgehead atoms. The van der Waals surface area contributed by atoms with Gasteiger partial charge in [-0.1, -0.05) is 30.3 Å². The van der Waals surface area contributed by atoms with Gasteiger partial charge in [0.25, 0.3) is 11.8 Å². The number of hydrogen-bond acceptors (Lipinski definition) is 4. The number of nitrogens with zero attached hydrogens (tertiary/aromatic N) is 1. The summed E-state index contributed by atoms with van der Waals surface area (Å²) in [6, 6.07) is 21.0. The van der Waals surface area contributed by atoms with Gasteiger partial charge in [0.15, 0.2) is 0 Å². The van der Waals surface area contributed by atoms with Crippen LogP contribution in [0.3, 0.4) is 0 Å². The summed E-state index contributed by atoms with van der Waals surface area (Å²) in [5.74, 6) is -1.13. The van der Waals surface area contributed by atoms with Crippen molar-refractivity contribution < 1.29 is 18.8 Å². The summed E-state index contributed by atoms with van der Waals surface area (Å²) in [5.41, 5.74) is 2.23. The van der Waals surface area contributed by atoms with Gasteiger partial charge in [0.1, 0.15) is 11.4 Å². The quantitative estimate of drug-likeness (QED) is 0.399. The average Bonchev–Trinajstić information content (AvgIpc) is 3.11. The first-order valence-corrected chi connectivity index (χ1v) is 10.5. The molecule has 1 fully saturated rings. The number of imide groups is 1. The van der Waals surface area contributed by atoms with E-state index in [-0.39, 0.29) is 11.7 Å². The maximum atomic E-state index is 13.4. The number of para-hydroxylation sites is 1. The molecule has 1 aliphatic rings. The lowest BCUT2D eigenvalue weighted by Crippen LogP contribution is -2.40. The smallest absolute Gasteiger partial charge is 0.322 e. The predicted octanol–water partition coefficient (Wildman–Crippen LogP) is 4.35. The zero-order valence-electron chi connectivity index (χ0n) is 18.1. The van der Waals surface area contributed by atoms with Gasteiger partial charge < -0.3 is 10.6 Å². The molecule has 8 heteroatoms. The van der Waals surface area contributed by atoms with E-state index in [1.165, 1.54) is 12.1 Å². The third-order valence-electron chi connectivity index (χ3n) is 5.87. The Morgan fingerprint density at radius 2 is 1.68 bits per heavy atom. The lowest BCUT2D eigenvalue weighted by Gasteiger charge is -2.21. The van der Waals surface area contributed by atoms with Crippen LogP contribution in [0.2, 0.25) is 0 Å². The minimum absolute atomic E-state index is 0.340. The van der Waals surface area contributed by atoms with Crippen molar-refractivity contribution in [3.05, 3.63) is 95.8 Å². The number of fused-ring (bicyclic) bond motifs is 1. The van der Waals surface area contributed by atoms with E-state index in [4.69, 9.17) is 0 Å². The first kappa shape index (κ1) is 21.3. The van der Waals surface area contributed by atoms with Crippen LogP contribution in [0.4, 0.5) is 14.9 Å². The predicted molar refractivity (Wildman–Crippen MR) is 126 cm³/mol. The second kappa shape index (κ2) is 8.08. The molecule has 1 unspecified atom stereocenters. The number of amides is 4. The number of anilines is 1. The Balaban J connectivity index is 1.46. The number of urea groups is 1. The van der Waals surface area contributed by atoms with Crippen molar-refractivity contribution in [1.29, 1.82) is 0 Å². The highest BCUT2D eigenvalue weighted by atomic mass is 19.1. The van der Waals surface area contributed by atoms with Gasteiger partial charge in [0, 0.05) is 16.6 Å². The van der Waals surface area contributed by atoms with Crippen molar-refractivity contribution >= 4 is 34.4 Å². The van der Waals surface area contributed by atoms with Crippen LogP contribution in [0.5, 0.6) is 0 Å². The Hall–Kier alpha value is -4.59.